The molecule has 31 heavy (non-hydrogen) atoms. The van der Waals surface area contributed by atoms with E-state index in [0.29, 0.717) is 17.9 Å². The highest BCUT2D eigenvalue weighted by atomic mass is 32.2. The van der Waals surface area contributed by atoms with E-state index in [0.717, 1.165) is 16.8 Å². The Kier molecular flexibility index (Phi) is 5.68. The molecular weight excluding hydrogens is 422 g/mol. The number of sulfone groups is 1. The third-order valence-electron chi connectivity index (χ3n) is 4.96. The van der Waals surface area contributed by atoms with E-state index in [1.165, 1.54) is 12.4 Å². The fourth-order valence-corrected chi connectivity index (χ4v) is 4.89. The molecule has 1 fully saturated rings. The number of pyridine rings is 1. The average Bonchev–Trinajstić information content (AvgIpc) is 3.28. The zero-order valence-electron chi connectivity index (χ0n) is 17.0. The Morgan fingerprint density at radius 2 is 2.03 bits per heavy atom. The van der Waals surface area contributed by atoms with Gasteiger partial charge in [0, 0.05) is 23.5 Å². The summed E-state index contributed by atoms with van der Waals surface area (Å²) in [6, 6.07) is 3.40. The third kappa shape index (κ3) is 4.88. The Morgan fingerprint density at radius 1 is 1.19 bits per heavy atom. The summed E-state index contributed by atoms with van der Waals surface area (Å²) in [6.45, 7) is 3.85. The van der Waals surface area contributed by atoms with Crippen LogP contribution in [0.15, 0.2) is 35.2 Å². The first kappa shape index (κ1) is 20.9. The highest BCUT2D eigenvalue weighted by Gasteiger charge is 2.29. The van der Waals surface area contributed by atoms with Crippen LogP contribution in [-0.4, -0.2) is 52.0 Å². The molecule has 11 heteroatoms. The smallest absolute Gasteiger partial charge is 0.271 e. The van der Waals surface area contributed by atoms with Crippen LogP contribution in [0.25, 0.3) is 11.3 Å². The minimum absolute atomic E-state index is 0.0513. The number of ether oxygens (including phenoxy) is 1. The molecule has 3 aromatic rings. The molecule has 10 nitrogen and oxygen atoms in total. The van der Waals surface area contributed by atoms with Gasteiger partial charge in [-0.25, -0.2) is 18.4 Å². The summed E-state index contributed by atoms with van der Waals surface area (Å²) in [5.74, 6) is 0.411. The molecule has 0 aliphatic carbocycles. The molecule has 0 bridgehead atoms. The van der Waals surface area contributed by atoms with Gasteiger partial charge < -0.3 is 14.6 Å². The Balaban J connectivity index is 1.40. The van der Waals surface area contributed by atoms with Gasteiger partial charge in [-0.1, -0.05) is 5.16 Å². The standard InChI is InChI=1S/C20H21N5O5S/c1-12-3-4-14(7-21-12)19-16(13(2)30-25-19)10-29-18-9-22-17(8-23-18)20(26)24-15-5-6-31(27,28)11-15/h3-4,7-9,15H,5-6,10-11H2,1-2H3,(H,24,26). The summed E-state index contributed by atoms with van der Waals surface area (Å²) in [5.41, 5.74) is 3.20. The minimum atomic E-state index is -3.08. The number of hydrogen-bond donors (Lipinski definition) is 1. The van der Waals surface area contributed by atoms with Crippen LogP contribution in [0, 0.1) is 13.8 Å². The van der Waals surface area contributed by atoms with Crippen LogP contribution in [0.4, 0.5) is 0 Å². The molecular formula is C20H21N5O5S. The lowest BCUT2D eigenvalue weighted by molar-refractivity contribution is 0.0935. The maximum Gasteiger partial charge on any atom is 0.271 e. The quantitative estimate of drug-likeness (QED) is 0.602. The molecule has 1 atom stereocenters. The molecule has 1 unspecified atom stereocenters. The predicted octanol–water partition coefficient (Wildman–Crippen LogP) is 1.64. The zero-order chi connectivity index (χ0) is 22.0. The monoisotopic (exact) mass is 443 g/mol. The molecule has 1 aliphatic rings. The second kappa shape index (κ2) is 8.42. The SMILES string of the molecule is Cc1ccc(-c2noc(C)c2COc2cnc(C(=O)NC3CCS(=O)(=O)C3)cn2)cn1. The van der Waals surface area contributed by atoms with E-state index in [1.54, 1.807) is 13.1 Å². The highest BCUT2D eigenvalue weighted by Crippen LogP contribution is 2.26. The normalized spacial score (nSPS) is 17.4. The van der Waals surface area contributed by atoms with E-state index in [4.69, 9.17) is 9.26 Å². The highest BCUT2D eigenvalue weighted by molar-refractivity contribution is 7.91. The molecule has 3 aromatic heterocycles. The summed E-state index contributed by atoms with van der Waals surface area (Å²) >= 11 is 0. The van der Waals surface area contributed by atoms with Crippen molar-refractivity contribution in [2.24, 2.45) is 0 Å². The number of nitrogens with zero attached hydrogens (tertiary/aromatic N) is 4. The first-order valence-electron chi connectivity index (χ1n) is 9.65. The number of aromatic nitrogens is 4. The number of hydrogen-bond acceptors (Lipinski definition) is 9. The minimum Gasteiger partial charge on any atom is -0.471 e. The number of carbonyl (C=O) groups excluding carboxylic acids is 1. The largest absolute Gasteiger partial charge is 0.471 e. The van der Waals surface area contributed by atoms with E-state index in [9.17, 15) is 13.2 Å². The van der Waals surface area contributed by atoms with Crippen molar-refractivity contribution in [3.63, 3.8) is 0 Å². The van der Waals surface area contributed by atoms with Gasteiger partial charge in [0.1, 0.15) is 23.8 Å². The fraction of sp³-hybridized carbons (Fsp3) is 0.350. The van der Waals surface area contributed by atoms with Crippen molar-refractivity contribution in [1.29, 1.82) is 0 Å². The Bertz CT molecular complexity index is 1190. The second-order valence-corrected chi connectivity index (χ2v) is 9.58. The molecule has 0 aromatic carbocycles. The van der Waals surface area contributed by atoms with E-state index in [2.05, 4.69) is 25.4 Å². The van der Waals surface area contributed by atoms with Gasteiger partial charge in [-0.2, -0.15) is 0 Å². The molecule has 0 radical (unpaired) electrons. The molecule has 1 amide bonds. The Morgan fingerprint density at radius 3 is 2.68 bits per heavy atom. The lowest BCUT2D eigenvalue weighted by Gasteiger charge is -2.10. The van der Waals surface area contributed by atoms with Gasteiger partial charge in [0.15, 0.2) is 9.84 Å². The van der Waals surface area contributed by atoms with Crippen LogP contribution >= 0.6 is 0 Å². The molecule has 0 spiro atoms. The van der Waals surface area contributed by atoms with Gasteiger partial charge in [-0.3, -0.25) is 9.78 Å². The van der Waals surface area contributed by atoms with Crippen LogP contribution in [0.5, 0.6) is 5.88 Å². The average molecular weight is 443 g/mol. The molecule has 1 saturated heterocycles. The fourth-order valence-electron chi connectivity index (χ4n) is 3.22. The first-order chi connectivity index (χ1) is 14.8. The lowest BCUT2D eigenvalue weighted by atomic mass is 10.1. The van der Waals surface area contributed by atoms with Crippen LogP contribution in [0.2, 0.25) is 0 Å². The maximum absolute atomic E-state index is 12.3. The van der Waals surface area contributed by atoms with Gasteiger partial charge in [-0.05, 0) is 32.4 Å². The lowest BCUT2D eigenvalue weighted by Crippen LogP contribution is -2.36. The van der Waals surface area contributed by atoms with Crippen molar-refractivity contribution in [3.8, 4) is 17.1 Å². The molecule has 162 valence electrons. The van der Waals surface area contributed by atoms with E-state index in [1.807, 2.05) is 19.1 Å². The topological polar surface area (TPSA) is 137 Å². The van der Waals surface area contributed by atoms with Crippen molar-refractivity contribution >= 4 is 15.7 Å². The molecule has 4 heterocycles. The molecule has 1 aliphatic heterocycles. The Labute approximate surface area is 179 Å². The molecule has 4 rings (SSSR count). The van der Waals surface area contributed by atoms with Gasteiger partial charge in [0.25, 0.3) is 5.91 Å². The van der Waals surface area contributed by atoms with Crippen LogP contribution in [0.3, 0.4) is 0 Å². The van der Waals surface area contributed by atoms with E-state index < -0.39 is 21.8 Å². The first-order valence-corrected chi connectivity index (χ1v) is 11.5. The van der Waals surface area contributed by atoms with Crippen molar-refractivity contribution < 1.29 is 22.5 Å². The number of carbonyl (C=O) groups is 1. The van der Waals surface area contributed by atoms with Crippen molar-refractivity contribution in [3.05, 3.63) is 53.4 Å². The van der Waals surface area contributed by atoms with E-state index in [-0.39, 0.29) is 29.7 Å². The summed E-state index contributed by atoms with van der Waals surface area (Å²) in [6.07, 6.45) is 4.76. The second-order valence-electron chi connectivity index (χ2n) is 7.36. The number of aryl methyl sites for hydroxylation is 2. The summed E-state index contributed by atoms with van der Waals surface area (Å²) < 4.78 is 34.0. The van der Waals surface area contributed by atoms with E-state index >= 15 is 0 Å². The summed E-state index contributed by atoms with van der Waals surface area (Å²) in [7, 11) is -3.08. The predicted molar refractivity (Wildman–Crippen MR) is 110 cm³/mol. The van der Waals surface area contributed by atoms with Crippen LogP contribution in [-0.2, 0) is 16.4 Å². The maximum atomic E-state index is 12.3. The van der Waals surface area contributed by atoms with Gasteiger partial charge in [0.2, 0.25) is 5.88 Å². The Hall–Kier alpha value is -3.34. The molecule has 0 saturated carbocycles. The van der Waals surface area contributed by atoms with Crippen molar-refractivity contribution in [2.45, 2.75) is 32.9 Å². The summed E-state index contributed by atoms with van der Waals surface area (Å²) in [5, 5.41) is 6.77. The molecule has 1 N–H and O–H groups in total. The zero-order valence-corrected chi connectivity index (χ0v) is 17.8. The van der Waals surface area contributed by atoms with Crippen molar-refractivity contribution in [1.82, 2.24) is 25.4 Å². The van der Waals surface area contributed by atoms with Gasteiger partial charge in [0.05, 0.1) is 29.5 Å². The van der Waals surface area contributed by atoms with Crippen LogP contribution < -0.4 is 10.1 Å². The van der Waals surface area contributed by atoms with Crippen LogP contribution in [0.1, 0.15) is 33.9 Å². The number of nitrogens with one attached hydrogen (secondary N) is 1. The summed E-state index contributed by atoms with van der Waals surface area (Å²) in [4.78, 5) is 24.7. The third-order valence-corrected chi connectivity index (χ3v) is 6.73. The van der Waals surface area contributed by atoms with Gasteiger partial charge in [-0.15, -0.1) is 0 Å². The number of rotatable bonds is 6. The number of amides is 1. The van der Waals surface area contributed by atoms with Gasteiger partial charge >= 0.3 is 0 Å². The van der Waals surface area contributed by atoms with Crippen molar-refractivity contribution in [2.75, 3.05) is 11.5 Å².